The predicted octanol–water partition coefficient (Wildman–Crippen LogP) is 2.62. The highest BCUT2D eigenvalue weighted by molar-refractivity contribution is 5.95. The monoisotopic (exact) mass is 264 g/mol. The third kappa shape index (κ3) is 3.53. The van der Waals surface area contributed by atoms with E-state index in [9.17, 15) is 9.18 Å². The minimum Gasteiger partial charge on any atom is -0.330 e. The highest BCUT2D eigenvalue weighted by Gasteiger charge is 2.24. The van der Waals surface area contributed by atoms with Crippen LogP contribution in [0.3, 0.4) is 0 Å². The van der Waals surface area contributed by atoms with Gasteiger partial charge in [-0.1, -0.05) is 18.9 Å². The fourth-order valence-corrected chi connectivity index (χ4v) is 2.52. The number of carbonyl (C=O) groups is 1. The Balaban J connectivity index is 1.87. The number of benzene rings is 1. The number of hydrogen-bond donors (Lipinski definition) is 1. The van der Waals surface area contributed by atoms with Crippen LogP contribution < -0.4 is 10.6 Å². The molecule has 4 heteroatoms. The second-order valence-corrected chi connectivity index (χ2v) is 5.02. The Kier molecular flexibility index (Phi) is 4.91. The fraction of sp³-hybridized carbons (Fsp3) is 0.533. The zero-order valence-corrected chi connectivity index (χ0v) is 11.2. The number of hydrogen-bond acceptors (Lipinski definition) is 2. The fourth-order valence-electron chi connectivity index (χ4n) is 2.52. The van der Waals surface area contributed by atoms with E-state index < -0.39 is 0 Å². The van der Waals surface area contributed by atoms with Crippen molar-refractivity contribution in [2.75, 3.05) is 18.0 Å². The highest BCUT2D eigenvalue weighted by Crippen LogP contribution is 2.29. The molecule has 0 unspecified atom stereocenters. The van der Waals surface area contributed by atoms with E-state index in [0.717, 1.165) is 43.4 Å². The first kappa shape index (κ1) is 14.0. The van der Waals surface area contributed by atoms with Crippen molar-refractivity contribution in [2.45, 2.75) is 38.5 Å². The number of nitrogens with two attached hydrogens (primary N) is 1. The number of carbonyl (C=O) groups excluding carboxylic acids is 1. The SMILES string of the molecule is NCCCCCCC(=O)N1CCc2ccc(F)cc21. The molecule has 0 bridgehead atoms. The number of amides is 1. The van der Waals surface area contributed by atoms with Crippen molar-refractivity contribution in [3.8, 4) is 0 Å². The Bertz CT molecular complexity index is 448. The summed E-state index contributed by atoms with van der Waals surface area (Å²) in [5, 5.41) is 0. The molecule has 0 fully saturated rings. The van der Waals surface area contributed by atoms with Crippen molar-refractivity contribution < 1.29 is 9.18 Å². The van der Waals surface area contributed by atoms with Crippen LogP contribution in [0.15, 0.2) is 18.2 Å². The first-order chi connectivity index (χ1) is 9.22. The Labute approximate surface area is 113 Å². The molecule has 1 aromatic rings. The van der Waals surface area contributed by atoms with Crippen LogP contribution in [0.5, 0.6) is 0 Å². The Morgan fingerprint density at radius 1 is 1.26 bits per heavy atom. The van der Waals surface area contributed by atoms with E-state index in [0.29, 0.717) is 19.5 Å². The molecular weight excluding hydrogens is 243 g/mol. The Morgan fingerprint density at radius 3 is 2.84 bits per heavy atom. The topological polar surface area (TPSA) is 46.3 Å². The molecule has 0 radical (unpaired) electrons. The van der Waals surface area contributed by atoms with Crippen LogP contribution in [-0.2, 0) is 11.2 Å². The van der Waals surface area contributed by atoms with Gasteiger partial charge >= 0.3 is 0 Å². The van der Waals surface area contributed by atoms with Crippen LogP contribution in [0.4, 0.5) is 10.1 Å². The molecule has 0 aliphatic carbocycles. The molecule has 2 rings (SSSR count). The summed E-state index contributed by atoms with van der Waals surface area (Å²) in [4.78, 5) is 13.9. The van der Waals surface area contributed by atoms with Gasteiger partial charge in [0.05, 0.1) is 0 Å². The molecule has 2 N–H and O–H groups in total. The van der Waals surface area contributed by atoms with Gasteiger partial charge in [-0.25, -0.2) is 4.39 Å². The lowest BCUT2D eigenvalue weighted by Crippen LogP contribution is -2.28. The third-order valence-electron chi connectivity index (χ3n) is 3.59. The summed E-state index contributed by atoms with van der Waals surface area (Å²) in [5.74, 6) is -0.168. The van der Waals surface area contributed by atoms with Crippen molar-refractivity contribution in [3.63, 3.8) is 0 Å². The molecule has 3 nitrogen and oxygen atoms in total. The summed E-state index contributed by atoms with van der Waals surface area (Å²) in [6.45, 7) is 1.40. The predicted molar refractivity (Wildman–Crippen MR) is 74.6 cm³/mol. The number of anilines is 1. The number of rotatable bonds is 6. The lowest BCUT2D eigenvalue weighted by molar-refractivity contribution is -0.118. The summed E-state index contributed by atoms with van der Waals surface area (Å²) in [7, 11) is 0. The van der Waals surface area contributed by atoms with E-state index in [-0.39, 0.29) is 11.7 Å². The molecule has 1 aliphatic rings. The van der Waals surface area contributed by atoms with Crippen LogP contribution in [0, 0.1) is 5.82 Å². The van der Waals surface area contributed by atoms with Gasteiger partial charge in [0.2, 0.25) is 5.91 Å². The molecule has 1 heterocycles. The van der Waals surface area contributed by atoms with E-state index in [4.69, 9.17) is 5.73 Å². The molecule has 1 aromatic carbocycles. The van der Waals surface area contributed by atoms with E-state index >= 15 is 0 Å². The normalized spacial score (nSPS) is 13.7. The molecule has 19 heavy (non-hydrogen) atoms. The van der Waals surface area contributed by atoms with E-state index in [1.165, 1.54) is 12.1 Å². The Morgan fingerprint density at radius 2 is 2.05 bits per heavy atom. The highest BCUT2D eigenvalue weighted by atomic mass is 19.1. The number of halogens is 1. The number of fused-ring (bicyclic) bond motifs is 1. The standard InChI is InChI=1S/C15H21FN2O/c16-13-7-6-12-8-10-18(14(12)11-13)15(19)5-3-1-2-4-9-17/h6-7,11H,1-5,8-10,17H2. The van der Waals surface area contributed by atoms with Gasteiger partial charge in [-0.2, -0.15) is 0 Å². The number of nitrogens with zero attached hydrogens (tertiary/aromatic N) is 1. The van der Waals surface area contributed by atoms with Crippen molar-refractivity contribution in [2.24, 2.45) is 5.73 Å². The van der Waals surface area contributed by atoms with Crippen molar-refractivity contribution in [1.29, 1.82) is 0 Å². The molecule has 0 saturated carbocycles. The van der Waals surface area contributed by atoms with Gasteiger partial charge in [-0.15, -0.1) is 0 Å². The van der Waals surface area contributed by atoms with Crippen molar-refractivity contribution >= 4 is 11.6 Å². The molecule has 0 aromatic heterocycles. The maximum absolute atomic E-state index is 13.2. The summed E-state index contributed by atoms with van der Waals surface area (Å²) in [6, 6.07) is 4.70. The second kappa shape index (κ2) is 6.66. The quantitative estimate of drug-likeness (QED) is 0.803. The minimum absolute atomic E-state index is 0.108. The summed E-state index contributed by atoms with van der Waals surface area (Å²) in [5.41, 5.74) is 7.25. The minimum atomic E-state index is -0.276. The zero-order valence-electron chi connectivity index (χ0n) is 11.2. The van der Waals surface area contributed by atoms with Gasteiger partial charge in [0.15, 0.2) is 0 Å². The summed E-state index contributed by atoms with van der Waals surface area (Å²) < 4.78 is 13.2. The van der Waals surface area contributed by atoms with Gasteiger partial charge in [0, 0.05) is 18.7 Å². The van der Waals surface area contributed by atoms with Gasteiger partial charge in [0.25, 0.3) is 0 Å². The summed E-state index contributed by atoms with van der Waals surface area (Å²) in [6.07, 6.45) is 5.39. The molecular formula is C15H21FN2O. The average Bonchev–Trinajstić information content (AvgIpc) is 2.81. The molecule has 104 valence electrons. The van der Waals surface area contributed by atoms with Gasteiger partial charge in [0.1, 0.15) is 5.82 Å². The first-order valence-corrected chi connectivity index (χ1v) is 7.01. The van der Waals surface area contributed by atoms with Crippen molar-refractivity contribution in [3.05, 3.63) is 29.6 Å². The average molecular weight is 264 g/mol. The molecule has 0 atom stereocenters. The maximum Gasteiger partial charge on any atom is 0.226 e. The van der Waals surface area contributed by atoms with Crippen LogP contribution in [0.2, 0.25) is 0 Å². The zero-order chi connectivity index (χ0) is 13.7. The Hall–Kier alpha value is -1.42. The smallest absolute Gasteiger partial charge is 0.226 e. The van der Waals surface area contributed by atoms with E-state index in [2.05, 4.69) is 0 Å². The van der Waals surface area contributed by atoms with Crippen LogP contribution >= 0.6 is 0 Å². The summed E-state index contributed by atoms with van der Waals surface area (Å²) >= 11 is 0. The molecule has 1 aliphatic heterocycles. The lowest BCUT2D eigenvalue weighted by atomic mass is 10.1. The van der Waals surface area contributed by atoms with E-state index in [1.54, 1.807) is 11.0 Å². The van der Waals surface area contributed by atoms with Crippen LogP contribution in [0.25, 0.3) is 0 Å². The molecule has 0 spiro atoms. The first-order valence-electron chi connectivity index (χ1n) is 7.01. The largest absolute Gasteiger partial charge is 0.330 e. The van der Waals surface area contributed by atoms with Crippen LogP contribution in [0.1, 0.15) is 37.7 Å². The maximum atomic E-state index is 13.2. The molecule has 0 saturated heterocycles. The van der Waals surface area contributed by atoms with E-state index in [1.807, 2.05) is 0 Å². The lowest BCUT2D eigenvalue weighted by Gasteiger charge is -2.17. The second-order valence-electron chi connectivity index (χ2n) is 5.02. The molecule has 1 amide bonds. The number of unbranched alkanes of at least 4 members (excludes halogenated alkanes) is 3. The van der Waals surface area contributed by atoms with Gasteiger partial charge < -0.3 is 10.6 Å². The van der Waals surface area contributed by atoms with Gasteiger partial charge in [-0.3, -0.25) is 4.79 Å². The van der Waals surface area contributed by atoms with Crippen LogP contribution in [-0.4, -0.2) is 19.0 Å². The van der Waals surface area contributed by atoms with Crippen molar-refractivity contribution in [1.82, 2.24) is 0 Å². The van der Waals surface area contributed by atoms with Gasteiger partial charge in [-0.05, 0) is 43.5 Å². The third-order valence-corrected chi connectivity index (χ3v) is 3.59.